The van der Waals surface area contributed by atoms with E-state index in [-0.39, 0.29) is 43.4 Å². The number of ether oxygens (including phenoxy) is 5. The van der Waals surface area contributed by atoms with Gasteiger partial charge in [-0.3, -0.25) is 9.69 Å². The van der Waals surface area contributed by atoms with E-state index < -0.39 is 23.3 Å². The van der Waals surface area contributed by atoms with Gasteiger partial charge in [-0.1, -0.05) is 41.9 Å². The summed E-state index contributed by atoms with van der Waals surface area (Å²) in [5, 5.41) is 22.1. The largest absolute Gasteiger partial charge is 0.586 e. The van der Waals surface area contributed by atoms with Gasteiger partial charge in [0.1, 0.15) is 37.3 Å². The number of nitrogens with zero attached hydrogens (tertiary/aromatic N) is 7. The molecule has 0 saturated carbocycles. The number of hydrogen-bond acceptors (Lipinski definition) is 12. The molecule has 4 heterocycles. The first-order chi connectivity index (χ1) is 26.6. The van der Waals surface area contributed by atoms with Crippen LogP contribution < -0.4 is 14.4 Å². The van der Waals surface area contributed by atoms with Crippen LogP contribution in [0, 0.1) is 35.3 Å². The topological polar surface area (TPSA) is 198 Å². The van der Waals surface area contributed by atoms with Crippen molar-refractivity contribution in [1.82, 2.24) is 19.8 Å². The number of aromatic amines is 1. The lowest BCUT2D eigenvalue weighted by atomic mass is 10.0. The van der Waals surface area contributed by atoms with Gasteiger partial charge in [0, 0.05) is 48.8 Å². The van der Waals surface area contributed by atoms with Gasteiger partial charge in [-0.15, -0.1) is 20.1 Å². The number of para-hydroxylation sites is 2. The van der Waals surface area contributed by atoms with Crippen LogP contribution in [-0.2, 0) is 30.3 Å². The van der Waals surface area contributed by atoms with Crippen molar-refractivity contribution in [2.24, 2.45) is 5.10 Å². The minimum Gasteiger partial charge on any atom is -0.467 e. The second-order valence-electron chi connectivity index (χ2n) is 11.9. The number of H-pyrrole nitrogens is 1. The number of halogens is 3. The van der Waals surface area contributed by atoms with Crippen LogP contribution in [0.2, 0.25) is 4.47 Å². The van der Waals surface area contributed by atoms with Crippen molar-refractivity contribution in [2.45, 2.75) is 39.7 Å². The monoisotopic (exact) mass is 818 g/mol. The number of rotatable bonds is 9. The minimum absolute atomic E-state index is 0.0393. The molecule has 2 aliphatic rings. The highest BCUT2D eigenvalue weighted by atomic mass is 35.5. The molecule has 1 fully saturated rings. The maximum atomic E-state index is 13.0. The first-order valence-corrected chi connectivity index (χ1v) is 17.6. The maximum Gasteiger partial charge on any atom is 0.586 e. The molecule has 1 amide bonds. The summed E-state index contributed by atoms with van der Waals surface area (Å²) in [5.41, 5.74) is 3.81. The van der Waals surface area contributed by atoms with Crippen molar-refractivity contribution < 1.29 is 47.1 Å². The number of guanidine groups is 1. The van der Waals surface area contributed by atoms with E-state index >= 15 is 0 Å². The molecule has 2 aromatic carbocycles. The van der Waals surface area contributed by atoms with Gasteiger partial charge in [-0.25, -0.2) is 19.9 Å². The molecule has 0 bridgehead atoms. The third-order valence-electron chi connectivity index (χ3n) is 7.93. The fraction of sp³-hybridized carbons (Fsp3) is 0.343. The number of nitro groups is 1. The first-order valence-electron chi connectivity index (χ1n) is 16.4. The van der Waals surface area contributed by atoms with Crippen LogP contribution >= 0.6 is 22.9 Å². The number of hydrogen-bond donors (Lipinski definition) is 1. The van der Waals surface area contributed by atoms with Gasteiger partial charge in [0.25, 0.3) is 11.9 Å². The van der Waals surface area contributed by atoms with E-state index in [9.17, 15) is 28.5 Å². The Morgan fingerprint density at radius 2 is 1.88 bits per heavy atom. The van der Waals surface area contributed by atoms with Gasteiger partial charge in [-0.2, -0.15) is 5.26 Å². The van der Waals surface area contributed by atoms with Crippen LogP contribution in [0.1, 0.15) is 28.5 Å². The Bertz CT molecular complexity index is 2090. The average molecular weight is 819 g/mol. The molecule has 0 radical (unpaired) electrons. The van der Waals surface area contributed by atoms with Gasteiger partial charge in [0.05, 0.1) is 24.9 Å². The number of alkyl halides is 2. The molecular formula is C35H37ClF2N8O9S. The quantitative estimate of drug-likeness (QED) is 0.122. The summed E-state index contributed by atoms with van der Waals surface area (Å²) < 4.78 is 50.2. The normalized spacial score (nSPS) is 15.1. The smallest absolute Gasteiger partial charge is 0.467 e. The van der Waals surface area contributed by atoms with Gasteiger partial charge < -0.3 is 38.5 Å². The summed E-state index contributed by atoms with van der Waals surface area (Å²) in [6.07, 6.45) is 1.00. The van der Waals surface area contributed by atoms with E-state index in [1.165, 1.54) is 42.7 Å². The molecule has 4 aromatic rings. The van der Waals surface area contributed by atoms with Crippen molar-refractivity contribution >= 4 is 46.5 Å². The number of anilines is 1. The first kappa shape index (κ1) is 42.9. The van der Waals surface area contributed by atoms with Gasteiger partial charge in [0.15, 0.2) is 21.0 Å². The molecule has 2 aromatic heterocycles. The third-order valence-corrected chi connectivity index (χ3v) is 9.03. The molecule has 6 rings (SSSR count). The van der Waals surface area contributed by atoms with Gasteiger partial charge in [-0.05, 0) is 38.0 Å². The molecule has 1 N–H and O–H groups in total. The fourth-order valence-electron chi connectivity index (χ4n) is 5.57. The van der Waals surface area contributed by atoms with E-state index in [1.54, 1.807) is 48.3 Å². The van der Waals surface area contributed by atoms with Crippen molar-refractivity contribution in [3.8, 4) is 28.7 Å². The highest BCUT2D eigenvalue weighted by Crippen LogP contribution is 2.47. The fourth-order valence-corrected chi connectivity index (χ4v) is 6.56. The van der Waals surface area contributed by atoms with E-state index in [0.29, 0.717) is 27.7 Å². The van der Waals surface area contributed by atoms with E-state index in [2.05, 4.69) is 24.5 Å². The number of thiazole rings is 1. The van der Waals surface area contributed by atoms with Crippen molar-refractivity contribution in [3.63, 3.8) is 0 Å². The number of methoxy groups -OCH3 is 2. The zero-order valence-electron chi connectivity index (χ0n) is 30.9. The number of esters is 1. The average Bonchev–Trinajstić information content (AvgIpc) is 3.88. The summed E-state index contributed by atoms with van der Waals surface area (Å²) >= 11 is 7.05. The Hall–Kier alpha value is -5.88. The maximum absolute atomic E-state index is 13.0. The number of amides is 1. The number of carbonyl (C=O) groups excluding carboxylic acids is 2. The number of aromatic nitrogens is 2. The van der Waals surface area contributed by atoms with Crippen LogP contribution in [0.4, 0.5) is 14.5 Å². The van der Waals surface area contributed by atoms with E-state index in [1.807, 2.05) is 38.1 Å². The summed E-state index contributed by atoms with van der Waals surface area (Å²) in [6, 6.07) is 11.5. The van der Waals surface area contributed by atoms with Crippen LogP contribution in [0.5, 0.6) is 11.5 Å². The molecule has 17 nitrogen and oxygen atoms in total. The summed E-state index contributed by atoms with van der Waals surface area (Å²) in [5.74, 6) is -0.572. The molecule has 0 aliphatic carbocycles. The number of aryl methyl sites for hydroxylation is 2. The molecule has 21 heteroatoms. The Balaban J connectivity index is 0.000000187. The Morgan fingerprint density at radius 3 is 2.48 bits per heavy atom. The highest BCUT2D eigenvalue weighted by molar-refractivity contribution is 7.15. The Morgan fingerprint density at radius 1 is 1.18 bits per heavy atom. The molecule has 298 valence electrons. The zero-order chi connectivity index (χ0) is 41.2. The summed E-state index contributed by atoms with van der Waals surface area (Å²) in [7, 11) is 4.43. The van der Waals surface area contributed by atoms with Gasteiger partial charge in [0.2, 0.25) is 0 Å². The number of carbonyl (C=O) groups is 2. The predicted octanol–water partition coefficient (Wildman–Crippen LogP) is 5.74. The second-order valence-corrected chi connectivity index (χ2v) is 13.6. The van der Waals surface area contributed by atoms with Crippen molar-refractivity contribution in [2.75, 3.05) is 46.2 Å². The highest BCUT2D eigenvalue weighted by Gasteiger charge is 2.44. The lowest BCUT2D eigenvalue weighted by molar-refractivity contribution is -0.486. The van der Waals surface area contributed by atoms with Crippen LogP contribution in [0.3, 0.4) is 0 Å². The van der Waals surface area contributed by atoms with Crippen LogP contribution in [0.25, 0.3) is 11.1 Å². The molecule has 1 atom stereocenters. The third kappa shape index (κ3) is 10.7. The van der Waals surface area contributed by atoms with Crippen molar-refractivity contribution in [3.05, 3.63) is 91.1 Å². The second kappa shape index (κ2) is 19.1. The number of hydrazone groups is 1. The SMILES string of the molecule is CN1COCN(Cc2cnc(Cl)s2)/C1=N/[N+](=O)[O-].COCC(=O)N(c1c(C)cccc1C)[C@H](C)C(=O)OC.N#Cc1c[nH]cc1-c1cccc2c1OC(F)(F)O2. The van der Waals surface area contributed by atoms with Crippen LogP contribution in [-0.4, -0.2) is 96.3 Å². The molecule has 1 saturated heterocycles. The van der Waals surface area contributed by atoms with E-state index in [0.717, 1.165) is 21.7 Å². The Kier molecular flexibility index (Phi) is 14.6. The molecule has 2 aliphatic heterocycles. The minimum atomic E-state index is -3.67. The molecular weight excluding hydrogens is 782 g/mol. The number of fused-ring (bicyclic) bond motifs is 1. The van der Waals surface area contributed by atoms with Crippen molar-refractivity contribution in [1.29, 1.82) is 5.26 Å². The van der Waals surface area contributed by atoms with Gasteiger partial charge >= 0.3 is 12.3 Å². The Labute approximate surface area is 328 Å². The zero-order valence-corrected chi connectivity index (χ0v) is 32.5. The molecule has 0 unspecified atom stereocenters. The lowest BCUT2D eigenvalue weighted by Crippen LogP contribution is -2.49. The number of benzene rings is 2. The standard InChI is InChI=1S/C15H21NO4.C12H6F2N2O2.C8H10ClN5O3S/c1-10-7-6-8-11(2)14(10)16(13(17)9-19-4)12(3)15(18)20-5;13-12(14)17-10-3-1-2-8(11(10)18-12)9-6-16-5-7(9)4-15;1-12-4-17-5-13(8(12)11-14(15)16)3-6-2-10-7(9)18-6/h6-8,12H,9H2,1-5H3;1-3,5-6,16H;2H,3-5H2,1H3/b;;11-8+/t12-;;/m1../s1. The van der Waals surface area contributed by atoms with Crippen LogP contribution in [0.15, 0.2) is 60.1 Å². The lowest BCUT2D eigenvalue weighted by Gasteiger charge is -2.34. The van der Waals surface area contributed by atoms with E-state index in [4.69, 9.17) is 31.1 Å². The summed E-state index contributed by atoms with van der Waals surface area (Å²) in [6.45, 7) is 6.29. The predicted molar refractivity (Wildman–Crippen MR) is 200 cm³/mol. The number of nitrogens with one attached hydrogen (secondary N) is 1. The number of nitriles is 1. The summed E-state index contributed by atoms with van der Waals surface area (Å²) in [4.78, 5) is 46.8. The molecule has 56 heavy (non-hydrogen) atoms. The molecule has 0 spiro atoms.